The fraction of sp³-hybridized carbons (Fsp3) is 0.333. The van der Waals surface area contributed by atoms with E-state index in [4.69, 9.17) is 5.73 Å². The van der Waals surface area contributed by atoms with Gasteiger partial charge in [-0.3, -0.25) is 14.0 Å². The molecule has 7 nitrogen and oxygen atoms in total. The summed E-state index contributed by atoms with van der Waals surface area (Å²) in [6.45, 7) is 4.43. The molecule has 0 saturated heterocycles. The van der Waals surface area contributed by atoms with Gasteiger partial charge in [0.25, 0.3) is 5.91 Å². The summed E-state index contributed by atoms with van der Waals surface area (Å²) in [5.41, 5.74) is 8.65. The predicted octanol–water partition coefficient (Wildman–Crippen LogP) is 2.10. The van der Waals surface area contributed by atoms with Gasteiger partial charge in [0.15, 0.2) is 11.3 Å². The van der Waals surface area contributed by atoms with E-state index in [-0.39, 0.29) is 11.6 Å². The molecule has 0 radical (unpaired) electrons. The number of nitrogens with zero attached hydrogens (tertiary/aromatic N) is 4. The Hall–Kier alpha value is -2.74. The van der Waals surface area contributed by atoms with Crippen molar-refractivity contribution in [2.24, 2.45) is 5.73 Å². The number of nitrogens with two attached hydrogens (primary N) is 1. The van der Waals surface area contributed by atoms with Gasteiger partial charge in [0.05, 0.1) is 6.54 Å². The molecular weight excluding hydrogens is 350 g/mol. The van der Waals surface area contributed by atoms with Crippen LogP contribution in [0.1, 0.15) is 38.7 Å². The van der Waals surface area contributed by atoms with Crippen LogP contribution in [0.15, 0.2) is 23.8 Å². The number of fused-ring (bicyclic) bond motifs is 1. The Kier molecular flexibility index (Phi) is 5.03. The lowest BCUT2D eigenvalue weighted by Crippen LogP contribution is -2.26. The molecule has 0 bridgehead atoms. The van der Waals surface area contributed by atoms with Crippen molar-refractivity contribution in [3.8, 4) is 0 Å². The molecule has 0 fully saturated rings. The molecule has 26 heavy (non-hydrogen) atoms. The quantitative estimate of drug-likeness (QED) is 0.718. The van der Waals surface area contributed by atoms with Crippen molar-refractivity contribution < 1.29 is 9.59 Å². The van der Waals surface area contributed by atoms with Gasteiger partial charge in [-0.1, -0.05) is 6.07 Å². The maximum absolute atomic E-state index is 12.5. The number of aromatic nitrogens is 3. The Balaban J connectivity index is 1.76. The zero-order valence-electron chi connectivity index (χ0n) is 15.0. The molecule has 2 amide bonds. The second-order valence-electron chi connectivity index (χ2n) is 6.24. The molecule has 0 atom stereocenters. The van der Waals surface area contributed by atoms with Crippen LogP contribution >= 0.6 is 11.3 Å². The highest BCUT2D eigenvalue weighted by Gasteiger charge is 2.18. The van der Waals surface area contributed by atoms with Gasteiger partial charge in [-0.05, 0) is 37.3 Å². The van der Waals surface area contributed by atoms with Gasteiger partial charge in [0.1, 0.15) is 6.33 Å². The van der Waals surface area contributed by atoms with E-state index < -0.39 is 5.91 Å². The van der Waals surface area contributed by atoms with Gasteiger partial charge in [0, 0.05) is 29.7 Å². The number of carbonyl (C=O) groups excluding carboxylic acids is 2. The molecule has 0 saturated carbocycles. The molecular formula is C18H21N5O2S. The first-order valence-corrected chi connectivity index (χ1v) is 9.15. The lowest BCUT2D eigenvalue weighted by atomic mass is 10.1. The normalized spacial score (nSPS) is 11.0. The summed E-state index contributed by atoms with van der Waals surface area (Å²) in [5, 5.41) is 2.01. The first-order chi connectivity index (χ1) is 12.4. The zero-order chi connectivity index (χ0) is 18.8. The number of amides is 2. The molecule has 3 heterocycles. The van der Waals surface area contributed by atoms with E-state index in [9.17, 15) is 9.59 Å². The average molecular weight is 371 g/mol. The fourth-order valence-corrected chi connectivity index (χ4v) is 3.77. The smallest absolute Gasteiger partial charge is 0.271 e. The van der Waals surface area contributed by atoms with Gasteiger partial charge in [-0.15, -0.1) is 11.3 Å². The molecule has 3 aromatic rings. The van der Waals surface area contributed by atoms with Gasteiger partial charge >= 0.3 is 0 Å². The topological polar surface area (TPSA) is 93.6 Å². The van der Waals surface area contributed by atoms with Gasteiger partial charge in [-0.2, -0.15) is 0 Å². The van der Waals surface area contributed by atoms with Crippen LogP contribution in [0.5, 0.6) is 0 Å². The van der Waals surface area contributed by atoms with Crippen molar-refractivity contribution in [1.29, 1.82) is 0 Å². The van der Waals surface area contributed by atoms with E-state index in [1.54, 1.807) is 27.0 Å². The first kappa shape index (κ1) is 18.1. The third-order valence-corrected chi connectivity index (χ3v) is 5.33. The summed E-state index contributed by atoms with van der Waals surface area (Å²) >= 11 is 1.64. The highest BCUT2D eigenvalue weighted by atomic mass is 32.1. The van der Waals surface area contributed by atoms with Gasteiger partial charge < -0.3 is 10.6 Å². The second kappa shape index (κ2) is 7.25. The third kappa shape index (κ3) is 3.45. The molecule has 0 aliphatic rings. The third-order valence-electron chi connectivity index (χ3n) is 4.47. The van der Waals surface area contributed by atoms with Crippen molar-refractivity contribution in [2.45, 2.75) is 33.2 Å². The molecule has 3 rings (SSSR count). The van der Waals surface area contributed by atoms with Crippen molar-refractivity contribution in [3.63, 3.8) is 0 Å². The molecule has 0 aliphatic heterocycles. The number of primary amides is 1. The van der Waals surface area contributed by atoms with Crippen LogP contribution in [0.4, 0.5) is 0 Å². The highest BCUT2D eigenvalue weighted by molar-refractivity contribution is 7.09. The Morgan fingerprint density at radius 1 is 1.35 bits per heavy atom. The van der Waals surface area contributed by atoms with E-state index in [1.807, 2.05) is 38.4 Å². The summed E-state index contributed by atoms with van der Waals surface area (Å²) in [5.74, 6) is -0.516. The number of hydrogen-bond donors (Lipinski definition) is 1. The largest absolute Gasteiger partial charge is 0.364 e. The van der Waals surface area contributed by atoms with Crippen LogP contribution in [0.25, 0.3) is 5.65 Å². The molecule has 136 valence electrons. The summed E-state index contributed by atoms with van der Waals surface area (Å²) < 4.78 is 1.75. The number of imidazole rings is 1. The molecule has 0 aromatic carbocycles. The van der Waals surface area contributed by atoms with Crippen molar-refractivity contribution in [2.75, 3.05) is 7.05 Å². The zero-order valence-corrected chi connectivity index (χ0v) is 15.8. The number of rotatable bonds is 6. The molecule has 0 aliphatic carbocycles. The van der Waals surface area contributed by atoms with E-state index in [0.717, 1.165) is 21.8 Å². The lowest BCUT2D eigenvalue weighted by molar-refractivity contribution is -0.130. The van der Waals surface area contributed by atoms with Crippen LogP contribution in [0.3, 0.4) is 0 Å². The Morgan fingerprint density at radius 2 is 2.12 bits per heavy atom. The summed E-state index contributed by atoms with van der Waals surface area (Å²) in [6.07, 6.45) is 2.53. The SMILES string of the molecule is Cc1nc2c(C(N)=O)ncn2c(C)c1CCC(=O)N(C)Cc1cccs1. The van der Waals surface area contributed by atoms with Crippen LogP contribution < -0.4 is 5.73 Å². The fourth-order valence-electron chi connectivity index (χ4n) is 3.01. The molecule has 0 unspecified atom stereocenters. The number of thiophene rings is 1. The Morgan fingerprint density at radius 3 is 2.77 bits per heavy atom. The van der Waals surface area contributed by atoms with E-state index in [2.05, 4.69) is 9.97 Å². The number of aryl methyl sites for hydroxylation is 2. The summed E-state index contributed by atoms with van der Waals surface area (Å²) in [7, 11) is 1.82. The van der Waals surface area contributed by atoms with Crippen LogP contribution in [-0.2, 0) is 17.8 Å². The lowest BCUT2D eigenvalue weighted by Gasteiger charge is -2.17. The monoisotopic (exact) mass is 371 g/mol. The standard InChI is InChI=1S/C18H21N5O2S/c1-11-14(6-7-15(24)22(3)9-13-5-4-8-26-13)12(2)23-10-20-16(17(19)25)18(23)21-11/h4-5,8,10H,6-7,9H2,1-3H3,(H2,19,25). The minimum atomic E-state index is -0.600. The second-order valence-corrected chi connectivity index (χ2v) is 7.27. The summed E-state index contributed by atoms with van der Waals surface area (Å²) in [4.78, 5) is 35.3. The van der Waals surface area contributed by atoms with E-state index in [0.29, 0.717) is 25.0 Å². The minimum absolute atomic E-state index is 0.0840. The molecule has 8 heteroatoms. The predicted molar refractivity (Wildman–Crippen MR) is 100 cm³/mol. The highest BCUT2D eigenvalue weighted by Crippen LogP contribution is 2.19. The minimum Gasteiger partial charge on any atom is -0.364 e. The number of hydrogen-bond acceptors (Lipinski definition) is 5. The number of carbonyl (C=O) groups is 2. The first-order valence-electron chi connectivity index (χ1n) is 8.27. The Bertz CT molecular complexity index is 962. The van der Waals surface area contributed by atoms with Crippen LogP contribution in [0, 0.1) is 13.8 Å². The molecule has 0 spiro atoms. The summed E-state index contributed by atoms with van der Waals surface area (Å²) in [6, 6.07) is 4.01. The maximum atomic E-state index is 12.5. The van der Waals surface area contributed by atoms with Crippen LogP contribution in [0.2, 0.25) is 0 Å². The van der Waals surface area contributed by atoms with E-state index in [1.165, 1.54) is 0 Å². The molecule has 3 aromatic heterocycles. The van der Waals surface area contributed by atoms with Gasteiger partial charge in [0.2, 0.25) is 5.91 Å². The van der Waals surface area contributed by atoms with Crippen molar-refractivity contribution in [3.05, 3.63) is 51.4 Å². The average Bonchev–Trinajstić information content (AvgIpc) is 3.23. The van der Waals surface area contributed by atoms with Crippen molar-refractivity contribution in [1.82, 2.24) is 19.3 Å². The molecule has 2 N–H and O–H groups in total. The Labute approximate surface area is 155 Å². The maximum Gasteiger partial charge on any atom is 0.271 e. The van der Waals surface area contributed by atoms with E-state index >= 15 is 0 Å². The van der Waals surface area contributed by atoms with Crippen LogP contribution in [-0.4, -0.2) is 38.1 Å². The van der Waals surface area contributed by atoms with Gasteiger partial charge in [-0.25, -0.2) is 9.97 Å². The van der Waals surface area contributed by atoms with Crippen molar-refractivity contribution >= 4 is 28.8 Å².